The molecule has 0 aliphatic carbocycles. The lowest BCUT2D eigenvalue weighted by molar-refractivity contribution is 1.47. The highest BCUT2D eigenvalue weighted by molar-refractivity contribution is 6.31. The molecule has 0 bridgehead atoms. The van der Waals surface area contributed by atoms with Crippen molar-refractivity contribution in [3.05, 3.63) is 65.3 Å². The van der Waals surface area contributed by atoms with Crippen LogP contribution in [-0.2, 0) is 0 Å². The highest BCUT2D eigenvalue weighted by Crippen LogP contribution is 2.25. The van der Waals surface area contributed by atoms with Gasteiger partial charge in [-0.3, -0.25) is 0 Å². The van der Waals surface area contributed by atoms with Crippen molar-refractivity contribution in [3.8, 4) is 12.3 Å². The lowest BCUT2D eigenvalue weighted by atomic mass is 10.1. The fraction of sp³-hybridized carbons (Fsp3) is 0. The van der Waals surface area contributed by atoms with E-state index < -0.39 is 0 Å². The molecule has 2 rings (SSSR count). The van der Waals surface area contributed by atoms with Gasteiger partial charge in [0.1, 0.15) is 5.71 Å². The summed E-state index contributed by atoms with van der Waals surface area (Å²) in [6, 6.07) is 10.4. The molecule has 0 saturated carbocycles. The first-order chi connectivity index (χ1) is 11.1. The number of nitrogens with zero attached hydrogens (tertiary/aromatic N) is 1. The third kappa shape index (κ3) is 3.79. The Balaban J connectivity index is 2.54. The van der Waals surface area contributed by atoms with Crippen LogP contribution in [0.2, 0.25) is 5.02 Å². The van der Waals surface area contributed by atoms with Gasteiger partial charge in [-0.05, 0) is 48.5 Å². The molecule has 0 unspecified atom stereocenters. The van der Waals surface area contributed by atoms with Crippen LogP contribution in [0.15, 0.2) is 54.2 Å². The number of aliphatic imine (C=N–C) groups is 1. The van der Waals surface area contributed by atoms with Crippen molar-refractivity contribution in [1.29, 1.82) is 5.41 Å². The molecule has 114 valence electrons. The summed E-state index contributed by atoms with van der Waals surface area (Å²) in [7, 11) is 0. The molecule has 0 atom stereocenters. The average Bonchev–Trinajstić information content (AvgIpc) is 2.55. The van der Waals surface area contributed by atoms with Crippen molar-refractivity contribution in [2.75, 3.05) is 11.1 Å². The molecular formula is C18H15ClN4. The first-order valence-corrected chi connectivity index (χ1v) is 7.09. The molecule has 23 heavy (non-hydrogen) atoms. The summed E-state index contributed by atoms with van der Waals surface area (Å²) in [5.41, 5.74) is 9.37. The number of halogens is 1. The van der Waals surface area contributed by atoms with Gasteiger partial charge in [0.25, 0.3) is 0 Å². The minimum atomic E-state index is 0.437. The van der Waals surface area contributed by atoms with Gasteiger partial charge < -0.3 is 16.5 Å². The third-order valence-corrected chi connectivity index (χ3v) is 3.33. The van der Waals surface area contributed by atoms with Crippen LogP contribution in [0, 0.1) is 17.8 Å². The van der Waals surface area contributed by atoms with Crippen LogP contribution in [-0.4, -0.2) is 11.9 Å². The van der Waals surface area contributed by atoms with E-state index >= 15 is 0 Å². The second-order valence-corrected chi connectivity index (χ2v) is 5.04. The van der Waals surface area contributed by atoms with E-state index in [0.717, 1.165) is 5.56 Å². The fourth-order valence-corrected chi connectivity index (χ4v) is 2.18. The second-order valence-electron chi connectivity index (χ2n) is 4.60. The van der Waals surface area contributed by atoms with Crippen LogP contribution >= 0.6 is 11.6 Å². The number of terminal acetylenes is 1. The van der Waals surface area contributed by atoms with Crippen LogP contribution in [0.5, 0.6) is 0 Å². The summed E-state index contributed by atoms with van der Waals surface area (Å²) in [5, 5.41) is 10.9. The van der Waals surface area contributed by atoms with Crippen LogP contribution < -0.4 is 11.1 Å². The van der Waals surface area contributed by atoms with Crippen molar-refractivity contribution < 1.29 is 0 Å². The van der Waals surface area contributed by atoms with Gasteiger partial charge in [0.15, 0.2) is 0 Å². The summed E-state index contributed by atoms with van der Waals surface area (Å²) in [5.74, 6) is 2.58. The van der Waals surface area contributed by atoms with Gasteiger partial charge in [0.05, 0.1) is 5.69 Å². The van der Waals surface area contributed by atoms with Crippen molar-refractivity contribution in [2.24, 2.45) is 4.99 Å². The Bertz CT molecular complexity index is 831. The van der Waals surface area contributed by atoms with E-state index in [1.54, 1.807) is 42.6 Å². The summed E-state index contributed by atoms with van der Waals surface area (Å²) in [4.78, 5) is 4.47. The predicted molar refractivity (Wildman–Crippen MR) is 99.0 cm³/mol. The van der Waals surface area contributed by atoms with Gasteiger partial charge in [-0.15, -0.1) is 6.42 Å². The number of hydrogen-bond acceptors (Lipinski definition) is 4. The SMILES string of the molecule is C#CC(=Nc1ccc(N)c(C=N)c1)c1ccc(Cl)cc1NC=C. The van der Waals surface area contributed by atoms with E-state index in [4.69, 9.17) is 29.2 Å². The third-order valence-electron chi connectivity index (χ3n) is 3.10. The monoisotopic (exact) mass is 322 g/mol. The van der Waals surface area contributed by atoms with Crippen LogP contribution in [0.3, 0.4) is 0 Å². The number of rotatable bonds is 5. The van der Waals surface area contributed by atoms with Crippen molar-refractivity contribution in [1.82, 2.24) is 0 Å². The van der Waals surface area contributed by atoms with Gasteiger partial charge in [-0.25, -0.2) is 4.99 Å². The highest BCUT2D eigenvalue weighted by Gasteiger charge is 2.08. The normalized spacial score (nSPS) is 10.7. The molecule has 0 fully saturated rings. The molecule has 0 spiro atoms. The zero-order valence-corrected chi connectivity index (χ0v) is 13.1. The van der Waals surface area contributed by atoms with Crippen molar-refractivity contribution >= 4 is 40.6 Å². The zero-order valence-electron chi connectivity index (χ0n) is 12.3. The maximum atomic E-state index is 7.36. The van der Waals surface area contributed by atoms with E-state index in [1.807, 2.05) is 0 Å². The van der Waals surface area contributed by atoms with Gasteiger partial charge in [0, 0.05) is 33.7 Å². The summed E-state index contributed by atoms with van der Waals surface area (Å²) in [6.07, 6.45) is 8.34. The van der Waals surface area contributed by atoms with Crippen molar-refractivity contribution in [3.63, 3.8) is 0 Å². The number of nitrogens with two attached hydrogens (primary N) is 1. The molecule has 0 saturated heterocycles. The van der Waals surface area contributed by atoms with Crippen LogP contribution in [0.25, 0.3) is 0 Å². The summed E-state index contributed by atoms with van der Waals surface area (Å²) >= 11 is 6.01. The van der Waals surface area contributed by atoms with Gasteiger partial charge in [-0.2, -0.15) is 0 Å². The summed E-state index contributed by atoms with van der Waals surface area (Å²) in [6.45, 7) is 3.64. The predicted octanol–water partition coefficient (Wildman–Crippen LogP) is 4.23. The minimum absolute atomic E-state index is 0.437. The van der Waals surface area contributed by atoms with Crippen molar-refractivity contribution in [2.45, 2.75) is 0 Å². The first kappa shape index (κ1) is 16.3. The maximum Gasteiger partial charge on any atom is 0.122 e. The molecule has 2 aromatic rings. The molecule has 0 heterocycles. The first-order valence-electron chi connectivity index (χ1n) is 6.71. The van der Waals surface area contributed by atoms with E-state index in [1.165, 1.54) is 6.21 Å². The molecule has 0 aliphatic rings. The zero-order chi connectivity index (χ0) is 16.8. The standard InChI is InChI=1S/C18H15ClN4/c1-3-17(15-7-5-13(19)10-18(15)22-4-2)23-14-6-8-16(21)12(9-14)11-20/h1,4-11,20,22H,2,21H2. The van der Waals surface area contributed by atoms with E-state index in [-0.39, 0.29) is 0 Å². The van der Waals surface area contributed by atoms with Gasteiger partial charge in [-0.1, -0.05) is 18.2 Å². The topological polar surface area (TPSA) is 74.3 Å². The van der Waals surface area contributed by atoms with E-state index in [2.05, 4.69) is 22.8 Å². The van der Waals surface area contributed by atoms with Crippen LogP contribution in [0.1, 0.15) is 11.1 Å². The molecule has 4 N–H and O–H groups in total. The molecule has 5 heteroatoms. The summed E-state index contributed by atoms with van der Waals surface area (Å²) < 4.78 is 0. The number of benzene rings is 2. The Labute approximate surface area is 140 Å². The Morgan fingerprint density at radius 1 is 1.35 bits per heavy atom. The second kappa shape index (κ2) is 7.30. The minimum Gasteiger partial charge on any atom is -0.398 e. The molecule has 0 aliphatic heterocycles. The van der Waals surface area contributed by atoms with Crippen LogP contribution in [0.4, 0.5) is 17.1 Å². The van der Waals surface area contributed by atoms with Gasteiger partial charge in [0.2, 0.25) is 0 Å². The number of nitrogens with one attached hydrogen (secondary N) is 2. The lowest BCUT2D eigenvalue weighted by Gasteiger charge is -2.09. The number of hydrogen-bond donors (Lipinski definition) is 3. The molecular weight excluding hydrogens is 308 g/mol. The average molecular weight is 323 g/mol. The fourth-order valence-electron chi connectivity index (χ4n) is 2.01. The Kier molecular flexibility index (Phi) is 5.19. The van der Waals surface area contributed by atoms with E-state index in [9.17, 15) is 0 Å². The molecule has 0 aromatic heterocycles. The lowest BCUT2D eigenvalue weighted by Crippen LogP contribution is -2.02. The maximum absolute atomic E-state index is 7.36. The Hall–Kier alpha value is -3.03. The highest BCUT2D eigenvalue weighted by atomic mass is 35.5. The molecule has 0 amide bonds. The number of nitrogen functional groups attached to an aromatic ring is 1. The Morgan fingerprint density at radius 3 is 2.78 bits per heavy atom. The molecule has 2 aromatic carbocycles. The molecule has 0 radical (unpaired) electrons. The van der Waals surface area contributed by atoms with Gasteiger partial charge >= 0.3 is 0 Å². The molecule has 4 nitrogen and oxygen atoms in total. The largest absolute Gasteiger partial charge is 0.398 e. The quantitative estimate of drug-likeness (QED) is 0.438. The Morgan fingerprint density at radius 2 is 2.13 bits per heavy atom. The smallest absolute Gasteiger partial charge is 0.122 e. The number of anilines is 2. The van der Waals surface area contributed by atoms with E-state index in [0.29, 0.717) is 33.4 Å².